The van der Waals surface area contributed by atoms with Crippen LogP contribution in [0.15, 0.2) is 0 Å². The van der Waals surface area contributed by atoms with Crippen LogP contribution in [0.25, 0.3) is 0 Å². The number of hydrogen-bond acceptors (Lipinski definition) is 5. The maximum atomic E-state index is 11.9. The van der Waals surface area contributed by atoms with Crippen LogP contribution in [0.2, 0.25) is 0 Å². The van der Waals surface area contributed by atoms with Gasteiger partial charge in [0.15, 0.2) is 0 Å². The summed E-state index contributed by atoms with van der Waals surface area (Å²) in [6.07, 6.45) is -0.00513. The number of carbonyl (C=O) groups is 2. The fraction of sp³-hybridized carbons (Fsp3) is 0.692. The largest absolute Gasteiger partial charge is 0.475 e. The molecule has 0 aliphatic rings. The number of carboxylic acid groups (broad SMARTS) is 1. The highest BCUT2D eigenvalue weighted by atomic mass is 16.6. The number of nitrogens with zero attached hydrogens (tertiary/aromatic N) is 2. The molecule has 0 aliphatic heterocycles. The molecule has 1 amide bonds. The Kier molecular flexibility index (Phi) is 5.28. The molecule has 1 rings (SSSR count). The Morgan fingerprint density at radius 3 is 2.43 bits per heavy atom. The number of aromatic nitrogens is 3. The van der Waals surface area contributed by atoms with Crippen LogP contribution in [0, 0.1) is 5.92 Å². The molecule has 0 aromatic carbocycles. The number of nitrogens with one attached hydrogen (secondary N) is 2. The van der Waals surface area contributed by atoms with Crippen molar-refractivity contribution in [2.45, 2.75) is 52.7 Å². The molecule has 0 fully saturated rings. The number of rotatable bonds is 5. The molecule has 1 heterocycles. The number of aromatic amines is 1. The zero-order valence-electron chi connectivity index (χ0n) is 12.9. The molecular weight excluding hydrogens is 276 g/mol. The Morgan fingerprint density at radius 2 is 2.00 bits per heavy atom. The number of ether oxygens (including phenoxy) is 1. The van der Waals surface area contributed by atoms with E-state index >= 15 is 0 Å². The van der Waals surface area contributed by atoms with Gasteiger partial charge in [0, 0.05) is 0 Å². The van der Waals surface area contributed by atoms with Gasteiger partial charge in [-0.1, -0.05) is 13.8 Å². The molecule has 3 N–H and O–H groups in total. The summed E-state index contributed by atoms with van der Waals surface area (Å²) in [5, 5.41) is 17.7. The molecule has 0 spiro atoms. The van der Waals surface area contributed by atoms with E-state index in [0.717, 1.165) is 0 Å². The molecule has 1 aromatic rings. The molecule has 0 saturated carbocycles. The van der Waals surface area contributed by atoms with E-state index in [1.807, 2.05) is 13.8 Å². The third-order valence-corrected chi connectivity index (χ3v) is 2.42. The molecule has 1 unspecified atom stereocenters. The summed E-state index contributed by atoms with van der Waals surface area (Å²) in [6.45, 7) is 9.26. The van der Waals surface area contributed by atoms with Crippen molar-refractivity contribution in [2.24, 2.45) is 5.92 Å². The minimum absolute atomic E-state index is 0.267. The van der Waals surface area contributed by atoms with Gasteiger partial charge < -0.3 is 15.2 Å². The molecule has 0 aliphatic carbocycles. The Morgan fingerprint density at radius 1 is 1.38 bits per heavy atom. The molecule has 8 heteroatoms. The lowest BCUT2D eigenvalue weighted by Gasteiger charge is -2.23. The van der Waals surface area contributed by atoms with E-state index in [0.29, 0.717) is 12.2 Å². The van der Waals surface area contributed by atoms with E-state index in [4.69, 9.17) is 9.84 Å². The van der Waals surface area contributed by atoms with Gasteiger partial charge >= 0.3 is 12.1 Å². The van der Waals surface area contributed by atoms with Gasteiger partial charge in [-0.2, -0.15) is 0 Å². The average Bonchev–Trinajstić information content (AvgIpc) is 2.73. The van der Waals surface area contributed by atoms with Gasteiger partial charge in [-0.3, -0.25) is 5.10 Å². The van der Waals surface area contributed by atoms with Crippen LogP contribution in [0.5, 0.6) is 0 Å². The van der Waals surface area contributed by atoms with Gasteiger partial charge in [0.05, 0.1) is 6.04 Å². The number of amides is 1. The van der Waals surface area contributed by atoms with Crippen molar-refractivity contribution < 1.29 is 19.4 Å². The summed E-state index contributed by atoms with van der Waals surface area (Å²) < 4.78 is 5.20. The molecule has 1 atom stereocenters. The lowest BCUT2D eigenvalue weighted by molar-refractivity contribution is 0.0495. The van der Waals surface area contributed by atoms with Crippen molar-refractivity contribution in [1.29, 1.82) is 0 Å². The molecule has 1 aromatic heterocycles. The minimum atomic E-state index is -1.22. The third-order valence-electron chi connectivity index (χ3n) is 2.42. The second kappa shape index (κ2) is 6.55. The van der Waals surface area contributed by atoms with Gasteiger partial charge in [-0.15, -0.1) is 5.10 Å². The predicted molar refractivity (Wildman–Crippen MR) is 74.9 cm³/mol. The quantitative estimate of drug-likeness (QED) is 0.766. The van der Waals surface area contributed by atoms with Crippen LogP contribution in [0.1, 0.15) is 63.5 Å². The highest BCUT2D eigenvalue weighted by Crippen LogP contribution is 2.19. The van der Waals surface area contributed by atoms with Crippen LogP contribution in [-0.2, 0) is 4.74 Å². The third kappa shape index (κ3) is 5.80. The summed E-state index contributed by atoms with van der Waals surface area (Å²) in [4.78, 5) is 26.5. The van der Waals surface area contributed by atoms with E-state index < -0.39 is 23.7 Å². The van der Waals surface area contributed by atoms with E-state index in [1.165, 1.54) is 0 Å². The van der Waals surface area contributed by atoms with E-state index in [1.54, 1.807) is 20.8 Å². The smallest absolute Gasteiger partial charge is 0.408 e. The molecule has 118 valence electrons. The maximum absolute atomic E-state index is 11.9. The number of hydrogen-bond donors (Lipinski definition) is 3. The zero-order chi connectivity index (χ0) is 16.2. The van der Waals surface area contributed by atoms with Crippen molar-refractivity contribution in [1.82, 2.24) is 20.5 Å². The summed E-state index contributed by atoms with van der Waals surface area (Å²) in [5.41, 5.74) is -0.611. The Bertz CT molecular complexity index is 505. The van der Waals surface area contributed by atoms with Crippen molar-refractivity contribution in [2.75, 3.05) is 0 Å². The van der Waals surface area contributed by atoms with Crippen LogP contribution in [0.4, 0.5) is 4.79 Å². The SMILES string of the molecule is CC(C)CC(NC(=O)OC(C)(C)C)c1nc(C(=O)O)n[nH]1. The Labute approximate surface area is 123 Å². The minimum Gasteiger partial charge on any atom is -0.475 e. The second-order valence-electron chi connectivity index (χ2n) is 6.18. The molecule has 8 nitrogen and oxygen atoms in total. The first kappa shape index (κ1) is 16.9. The van der Waals surface area contributed by atoms with Gasteiger partial charge in [0.1, 0.15) is 11.4 Å². The zero-order valence-corrected chi connectivity index (χ0v) is 12.9. The fourth-order valence-corrected chi connectivity index (χ4v) is 1.69. The van der Waals surface area contributed by atoms with E-state index in [9.17, 15) is 9.59 Å². The standard InChI is InChI=1S/C13H22N4O4/c1-7(2)6-8(14-12(20)21-13(3,4)5)9-15-10(11(18)19)17-16-9/h7-8H,6H2,1-5H3,(H,14,20)(H,18,19)(H,15,16,17). The maximum Gasteiger partial charge on any atom is 0.408 e. The van der Waals surface area contributed by atoms with Crippen LogP contribution in [-0.4, -0.2) is 38.0 Å². The summed E-state index contributed by atoms with van der Waals surface area (Å²) in [6, 6.07) is -0.486. The van der Waals surface area contributed by atoms with E-state index in [2.05, 4.69) is 20.5 Å². The van der Waals surface area contributed by atoms with Crippen molar-refractivity contribution >= 4 is 12.1 Å². The highest BCUT2D eigenvalue weighted by Gasteiger charge is 2.24. The lowest BCUT2D eigenvalue weighted by Crippen LogP contribution is -2.36. The van der Waals surface area contributed by atoms with Crippen LogP contribution in [0.3, 0.4) is 0 Å². The van der Waals surface area contributed by atoms with Gasteiger partial charge in [-0.05, 0) is 33.1 Å². The van der Waals surface area contributed by atoms with Gasteiger partial charge in [-0.25, -0.2) is 14.6 Å². The Balaban J connectivity index is 2.84. The number of alkyl carbamates (subject to hydrolysis) is 1. The Hall–Kier alpha value is -2.12. The van der Waals surface area contributed by atoms with Crippen LogP contribution < -0.4 is 5.32 Å². The van der Waals surface area contributed by atoms with E-state index in [-0.39, 0.29) is 11.7 Å². The monoisotopic (exact) mass is 298 g/mol. The first-order valence-corrected chi connectivity index (χ1v) is 6.73. The normalized spacial score (nSPS) is 13.0. The molecule has 0 bridgehead atoms. The average molecular weight is 298 g/mol. The van der Waals surface area contributed by atoms with Crippen molar-refractivity contribution in [3.8, 4) is 0 Å². The number of H-pyrrole nitrogens is 1. The van der Waals surface area contributed by atoms with Gasteiger partial charge in [0.25, 0.3) is 5.82 Å². The predicted octanol–water partition coefficient (Wildman–Crippen LogP) is 2.11. The number of carbonyl (C=O) groups excluding carboxylic acids is 1. The molecule has 21 heavy (non-hydrogen) atoms. The molecule has 0 saturated heterocycles. The van der Waals surface area contributed by atoms with Crippen molar-refractivity contribution in [3.05, 3.63) is 11.6 Å². The molecular formula is C13H22N4O4. The highest BCUT2D eigenvalue weighted by molar-refractivity contribution is 5.82. The first-order chi connectivity index (χ1) is 9.58. The topological polar surface area (TPSA) is 117 Å². The van der Waals surface area contributed by atoms with Gasteiger partial charge in [0.2, 0.25) is 0 Å². The van der Waals surface area contributed by atoms with Crippen molar-refractivity contribution in [3.63, 3.8) is 0 Å². The summed E-state index contributed by atoms with van der Waals surface area (Å²) in [7, 11) is 0. The summed E-state index contributed by atoms with van der Waals surface area (Å²) in [5.74, 6) is -0.988. The van der Waals surface area contributed by atoms with Crippen LogP contribution >= 0.6 is 0 Å². The molecule has 0 radical (unpaired) electrons. The first-order valence-electron chi connectivity index (χ1n) is 6.73. The second-order valence-corrected chi connectivity index (χ2v) is 6.18. The summed E-state index contributed by atoms with van der Waals surface area (Å²) >= 11 is 0. The fourth-order valence-electron chi connectivity index (χ4n) is 1.69. The number of aromatic carboxylic acids is 1. The lowest BCUT2D eigenvalue weighted by atomic mass is 10.0. The number of carboxylic acids is 1.